The van der Waals surface area contributed by atoms with E-state index in [4.69, 9.17) is 0 Å². The van der Waals surface area contributed by atoms with Crippen LogP contribution in [-0.2, 0) is 6.54 Å². The number of hydrogen-bond donors (Lipinski definition) is 2. The highest BCUT2D eigenvalue weighted by molar-refractivity contribution is 6.00. The van der Waals surface area contributed by atoms with Crippen LogP contribution in [0.1, 0.15) is 42.5 Å². The zero-order chi connectivity index (χ0) is 20.3. The Morgan fingerprint density at radius 1 is 1.07 bits per heavy atom. The number of amides is 1. The van der Waals surface area contributed by atoms with Gasteiger partial charge in [-0.2, -0.15) is 0 Å². The van der Waals surface area contributed by atoms with Gasteiger partial charge in [-0.05, 0) is 50.8 Å². The lowest BCUT2D eigenvalue weighted by Crippen LogP contribution is -2.46. The van der Waals surface area contributed by atoms with Crippen LogP contribution in [0.4, 0.5) is 0 Å². The van der Waals surface area contributed by atoms with E-state index in [0.717, 1.165) is 51.0 Å². The third kappa shape index (κ3) is 4.43. The molecule has 2 aromatic rings. The molecule has 2 saturated heterocycles. The van der Waals surface area contributed by atoms with Gasteiger partial charge in [0.25, 0.3) is 11.5 Å². The number of benzene rings is 1. The Morgan fingerprint density at radius 3 is 2.45 bits per heavy atom. The van der Waals surface area contributed by atoms with Gasteiger partial charge in [0.1, 0.15) is 0 Å². The topological polar surface area (TPSA) is 74.6 Å². The Kier molecular flexibility index (Phi) is 5.83. The van der Waals surface area contributed by atoms with Crippen LogP contribution in [0, 0.1) is 0 Å². The Bertz CT molecular complexity index is 911. The van der Waals surface area contributed by atoms with Gasteiger partial charge in [0.15, 0.2) is 0 Å². The number of aliphatic hydroxyl groups is 1. The van der Waals surface area contributed by atoms with Crippen molar-refractivity contribution in [3.05, 3.63) is 58.5 Å². The summed E-state index contributed by atoms with van der Waals surface area (Å²) in [7, 11) is 0. The molecule has 0 unspecified atom stereocenters. The van der Waals surface area contributed by atoms with Crippen LogP contribution in [-0.4, -0.2) is 52.3 Å². The summed E-state index contributed by atoms with van der Waals surface area (Å²) in [6.07, 6.45) is 6.03. The van der Waals surface area contributed by atoms with Gasteiger partial charge < -0.3 is 19.9 Å². The van der Waals surface area contributed by atoms with Gasteiger partial charge >= 0.3 is 0 Å². The normalized spacial score (nSPS) is 19.1. The second-order valence-electron chi connectivity index (χ2n) is 8.26. The van der Waals surface area contributed by atoms with Crippen molar-refractivity contribution < 1.29 is 9.90 Å². The molecule has 0 saturated carbocycles. The Labute approximate surface area is 171 Å². The fourth-order valence-corrected chi connectivity index (χ4v) is 4.36. The number of carbonyl (C=O) groups excluding carboxylic acids is 1. The maximum absolute atomic E-state index is 13.4. The molecule has 2 fully saturated rings. The fourth-order valence-electron chi connectivity index (χ4n) is 4.36. The highest BCUT2D eigenvalue weighted by atomic mass is 16.3. The van der Waals surface area contributed by atoms with Crippen molar-refractivity contribution in [3.63, 3.8) is 0 Å². The van der Waals surface area contributed by atoms with Crippen molar-refractivity contribution in [2.75, 3.05) is 26.2 Å². The summed E-state index contributed by atoms with van der Waals surface area (Å²) in [5.41, 5.74) is 0.952. The zero-order valence-electron chi connectivity index (χ0n) is 16.8. The second kappa shape index (κ2) is 8.51. The molecular weight excluding hydrogens is 366 g/mol. The molecule has 1 aromatic carbocycles. The van der Waals surface area contributed by atoms with E-state index in [1.165, 1.54) is 4.57 Å². The molecular formula is C23H29N3O3. The maximum Gasteiger partial charge on any atom is 0.255 e. The van der Waals surface area contributed by atoms with E-state index in [-0.39, 0.29) is 18.0 Å². The molecule has 1 aromatic heterocycles. The molecule has 3 heterocycles. The first-order chi connectivity index (χ1) is 14.1. The molecule has 6 heteroatoms. The molecule has 2 aliphatic rings. The van der Waals surface area contributed by atoms with Crippen LogP contribution in [0.3, 0.4) is 0 Å². The van der Waals surface area contributed by atoms with Gasteiger partial charge in [0, 0.05) is 30.9 Å². The van der Waals surface area contributed by atoms with Crippen LogP contribution in [0.15, 0.2) is 47.4 Å². The lowest BCUT2D eigenvalue weighted by Gasteiger charge is -2.33. The second-order valence-corrected chi connectivity index (χ2v) is 8.26. The predicted octanol–water partition coefficient (Wildman–Crippen LogP) is 2.26. The molecule has 29 heavy (non-hydrogen) atoms. The summed E-state index contributed by atoms with van der Waals surface area (Å²) < 4.78 is 1.52. The number of hydrogen-bond acceptors (Lipinski definition) is 4. The van der Waals surface area contributed by atoms with Crippen molar-refractivity contribution in [1.82, 2.24) is 14.8 Å². The molecule has 1 amide bonds. The van der Waals surface area contributed by atoms with E-state index in [1.54, 1.807) is 12.3 Å². The number of piperidine rings is 2. The van der Waals surface area contributed by atoms with E-state index in [2.05, 4.69) is 5.32 Å². The third-order valence-electron chi connectivity index (χ3n) is 6.08. The van der Waals surface area contributed by atoms with Crippen molar-refractivity contribution >= 4 is 5.91 Å². The minimum absolute atomic E-state index is 0.0328. The molecule has 0 radical (unpaired) electrons. The first-order valence-corrected chi connectivity index (χ1v) is 10.6. The number of pyridine rings is 1. The van der Waals surface area contributed by atoms with Crippen LogP contribution in [0.25, 0.3) is 11.1 Å². The average molecular weight is 396 g/mol. The van der Waals surface area contributed by atoms with Gasteiger partial charge in [-0.15, -0.1) is 0 Å². The van der Waals surface area contributed by atoms with Crippen LogP contribution in [0.5, 0.6) is 0 Å². The van der Waals surface area contributed by atoms with Crippen LogP contribution in [0.2, 0.25) is 0 Å². The largest absolute Gasteiger partial charge is 0.388 e. The van der Waals surface area contributed by atoms with Crippen LogP contribution < -0.4 is 10.9 Å². The Balaban J connectivity index is 1.74. The highest BCUT2D eigenvalue weighted by Crippen LogP contribution is 2.26. The molecule has 4 rings (SSSR count). The fraction of sp³-hybridized carbons (Fsp3) is 0.478. The van der Waals surface area contributed by atoms with E-state index in [0.29, 0.717) is 24.0 Å². The number of carbonyl (C=O) groups is 1. The first kappa shape index (κ1) is 19.9. The summed E-state index contributed by atoms with van der Waals surface area (Å²) in [6.45, 7) is 3.17. The minimum Gasteiger partial charge on any atom is -0.388 e. The molecule has 0 atom stereocenters. The van der Waals surface area contributed by atoms with Gasteiger partial charge in [-0.25, -0.2) is 0 Å². The third-order valence-corrected chi connectivity index (χ3v) is 6.08. The first-order valence-electron chi connectivity index (χ1n) is 10.6. The number of nitrogens with zero attached hydrogens (tertiary/aromatic N) is 2. The summed E-state index contributed by atoms with van der Waals surface area (Å²) >= 11 is 0. The van der Waals surface area contributed by atoms with E-state index in [9.17, 15) is 14.7 Å². The van der Waals surface area contributed by atoms with Crippen LogP contribution >= 0.6 is 0 Å². The molecule has 0 bridgehead atoms. The van der Waals surface area contributed by atoms with Crippen molar-refractivity contribution in [3.8, 4) is 11.1 Å². The summed E-state index contributed by atoms with van der Waals surface area (Å²) in [5, 5.41) is 14.2. The molecule has 6 nitrogen and oxygen atoms in total. The summed E-state index contributed by atoms with van der Waals surface area (Å²) in [6, 6.07) is 11.1. The van der Waals surface area contributed by atoms with Crippen molar-refractivity contribution in [2.24, 2.45) is 0 Å². The quantitative estimate of drug-likeness (QED) is 0.833. The van der Waals surface area contributed by atoms with Gasteiger partial charge in [0.05, 0.1) is 17.7 Å². The monoisotopic (exact) mass is 395 g/mol. The lowest BCUT2D eigenvalue weighted by atomic mass is 9.92. The summed E-state index contributed by atoms with van der Waals surface area (Å²) in [5.74, 6) is -0.0328. The molecule has 2 N–H and O–H groups in total. The van der Waals surface area contributed by atoms with Crippen molar-refractivity contribution in [1.29, 1.82) is 0 Å². The zero-order valence-corrected chi connectivity index (χ0v) is 16.8. The van der Waals surface area contributed by atoms with E-state index < -0.39 is 5.60 Å². The van der Waals surface area contributed by atoms with Gasteiger partial charge in [0.2, 0.25) is 0 Å². The number of aromatic nitrogens is 1. The SMILES string of the molecule is O=C(c1cn(CC2(O)CCNCC2)c(=O)cc1-c1ccccc1)N1CCCCC1. The van der Waals surface area contributed by atoms with E-state index >= 15 is 0 Å². The lowest BCUT2D eigenvalue weighted by molar-refractivity contribution is -0.00625. The number of nitrogens with one attached hydrogen (secondary N) is 1. The van der Waals surface area contributed by atoms with Crippen molar-refractivity contribution in [2.45, 2.75) is 44.2 Å². The Morgan fingerprint density at radius 2 is 1.76 bits per heavy atom. The molecule has 2 aliphatic heterocycles. The minimum atomic E-state index is -0.922. The molecule has 154 valence electrons. The van der Waals surface area contributed by atoms with Gasteiger partial charge in [-0.1, -0.05) is 30.3 Å². The molecule has 0 aliphatic carbocycles. The smallest absolute Gasteiger partial charge is 0.255 e. The summed E-state index contributed by atoms with van der Waals surface area (Å²) in [4.78, 5) is 28.1. The Hall–Kier alpha value is -2.44. The maximum atomic E-state index is 13.4. The standard InChI is InChI=1S/C23H29N3O3/c27-21-15-19(18-7-3-1-4-8-18)20(22(28)25-13-5-2-6-14-25)16-26(21)17-23(29)9-11-24-12-10-23/h1,3-4,7-8,15-16,24,29H,2,5-6,9-14,17H2. The van der Waals surface area contributed by atoms with Gasteiger partial charge in [-0.3, -0.25) is 9.59 Å². The molecule has 0 spiro atoms. The number of likely N-dealkylation sites (tertiary alicyclic amines) is 1. The number of rotatable bonds is 4. The predicted molar refractivity (Wildman–Crippen MR) is 113 cm³/mol. The average Bonchev–Trinajstić information content (AvgIpc) is 2.76. The van der Waals surface area contributed by atoms with E-state index in [1.807, 2.05) is 35.2 Å². The highest BCUT2D eigenvalue weighted by Gasteiger charge is 2.31.